The maximum absolute atomic E-state index is 11.3. The Hall–Kier alpha value is -1.88. The van der Waals surface area contributed by atoms with Crippen molar-refractivity contribution in [1.82, 2.24) is 4.98 Å². The van der Waals surface area contributed by atoms with Crippen LogP contribution in [0.1, 0.15) is 16.1 Å². The van der Waals surface area contributed by atoms with Gasteiger partial charge in [-0.25, -0.2) is 4.79 Å². The number of pyridine rings is 1. The van der Waals surface area contributed by atoms with Crippen molar-refractivity contribution < 1.29 is 9.90 Å². The summed E-state index contributed by atoms with van der Waals surface area (Å²) in [5.74, 6) is -0.941. The van der Waals surface area contributed by atoms with Crippen LogP contribution in [0.4, 0.5) is 5.69 Å². The molecular formula is C14H13BrN2O2. The second-order valence-electron chi connectivity index (χ2n) is 4.14. The maximum Gasteiger partial charge on any atom is 0.337 e. The van der Waals surface area contributed by atoms with Gasteiger partial charge >= 0.3 is 5.97 Å². The Morgan fingerprint density at radius 1 is 1.37 bits per heavy atom. The first-order valence-corrected chi connectivity index (χ1v) is 6.51. The minimum atomic E-state index is -0.941. The molecule has 1 aromatic heterocycles. The van der Waals surface area contributed by atoms with E-state index in [4.69, 9.17) is 0 Å². The Bertz CT molecular complexity index is 587. The quantitative estimate of drug-likeness (QED) is 0.940. The van der Waals surface area contributed by atoms with Crippen LogP contribution in [0.5, 0.6) is 0 Å². The van der Waals surface area contributed by atoms with E-state index in [1.54, 1.807) is 18.3 Å². The highest BCUT2D eigenvalue weighted by Crippen LogP contribution is 2.24. The zero-order valence-electron chi connectivity index (χ0n) is 10.4. The molecule has 0 atom stereocenters. The first-order chi connectivity index (χ1) is 9.08. The van der Waals surface area contributed by atoms with Gasteiger partial charge in [-0.2, -0.15) is 0 Å². The fourth-order valence-corrected chi connectivity index (χ4v) is 2.19. The van der Waals surface area contributed by atoms with Gasteiger partial charge in [-0.05, 0) is 30.3 Å². The smallest absolute Gasteiger partial charge is 0.337 e. The van der Waals surface area contributed by atoms with Gasteiger partial charge in [-0.1, -0.05) is 22.0 Å². The zero-order valence-corrected chi connectivity index (χ0v) is 12.0. The number of aromatic nitrogens is 1. The summed E-state index contributed by atoms with van der Waals surface area (Å²) >= 11 is 3.29. The first-order valence-electron chi connectivity index (χ1n) is 5.72. The van der Waals surface area contributed by atoms with Crippen LogP contribution in [-0.2, 0) is 6.54 Å². The SMILES string of the molecule is CN(Cc1ccccn1)c1ccc(Br)cc1C(=O)O. The van der Waals surface area contributed by atoms with Gasteiger partial charge in [-0.15, -0.1) is 0 Å². The predicted octanol–water partition coefficient (Wildman–Crippen LogP) is 3.18. The summed E-state index contributed by atoms with van der Waals surface area (Å²) in [7, 11) is 1.85. The van der Waals surface area contributed by atoms with Gasteiger partial charge < -0.3 is 10.0 Å². The molecule has 4 nitrogen and oxygen atoms in total. The monoisotopic (exact) mass is 320 g/mol. The third kappa shape index (κ3) is 3.32. The highest BCUT2D eigenvalue weighted by atomic mass is 79.9. The van der Waals surface area contributed by atoms with E-state index < -0.39 is 5.97 Å². The van der Waals surface area contributed by atoms with E-state index in [1.807, 2.05) is 36.2 Å². The number of carboxylic acids is 1. The van der Waals surface area contributed by atoms with Gasteiger partial charge in [0.1, 0.15) is 0 Å². The minimum absolute atomic E-state index is 0.271. The predicted molar refractivity (Wildman–Crippen MR) is 77.4 cm³/mol. The molecule has 0 aliphatic rings. The van der Waals surface area contributed by atoms with Crippen LogP contribution in [0.3, 0.4) is 0 Å². The van der Waals surface area contributed by atoms with Crippen LogP contribution in [0, 0.1) is 0 Å². The summed E-state index contributed by atoms with van der Waals surface area (Å²) in [5, 5.41) is 9.24. The van der Waals surface area contributed by atoms with E-state index in [9.17, 15) is 9.90 Å². The molecule has 2 aromatic rings. The number of anilines is 1. The summed E-state index contributed by atoms with van der Waals surface area (Å²) in [5.41, 5.74) is 1.83. The molecule has 2 rings (SSSR count). The summed E-state index contributed by atoms with van der Waals surface area (Å²) in [4.78, 5) is 17.4. The number of hydrogen-bond donors (Lipinski definition) is 1. The van der Waals surface area contributed by atoms with Crippen LogP contribution >= 0.6 is 15.9 Å². The third-order valence-electron chi connectivity index (χ3n) is 2.73. The van der Waals surface area contributed by atoms with Gasteiger partial charge in [0.05, 0.1) is 23.5 Å². The van der Waals surface area contributed by atoms with E-state index in [-0.39, 0.29) is 5.56 Å². The lowest BCUT2D eigenvalue weighted by molar-refractivity contribution is 0.0697. The normalized spacial score (nSPS) is 10.2. The van der Waals surface area contributed by atoms with Crippen LogP contribution in [-0.4, -0.2) is 23.1 Å². The Labute approximate surface area is 119 Å². The number of hydrogen-bond acceptors (Lipinski definition) is 3. The van der Waals surface area contributed by atoms with E-state index in [1.165, 1.54) is 0 Å². The molecular weight excluding hydrogens is 308 g/mol. The molecule has 19 heavy (non-hydrogen) atoms. The highest BCUT2D eigenvalue weighted by molar-refractivity contribution is 9.10. The van der Waals surface area contributed by atoms with Crippen LogP contribution in [0.15, 0.2) is 47.1 Å². The molecule has 1 N–H and O–H groups in total. The van der Waals surface area contributed by atoms with Crippen molar-refractivity contribution in [2.75, 3.05) is 11.9 Å². The lowest BCUT2D eigenvalue weighted by Gasteiger charge is -2.21. The molecule has 0 saturated carbocycles. The molecule has 0 radical (unpaired) electrons. The number of aromatic carboxylic acids is 1. The van der Waals surface area contributed by atoms with Crippen molar-refractivity contribution in [2.24, 2.45) is 0 Å². The standard InChI is InChI=1S/C14H13BrN2O2/c1-17(9-11-4-2-3-7-16-11)13-6-5-10(15)8-12(13)14(18)19/h2-8H,9H2,1H3,(H,18,19). The molecule has 0 bridgehead atoms. The van der Waals surface area contributed by atoms with Gasteiger partial charge in [-0.3, -0.25) is 4.98 Å². The van der Waals surface area contributed by atoms with E-state index in [0.717, 1.165) is 10.2 Å². The largest absolute Gasteiger partial charge is 0.478 e. The number of nitrogens with zero attached hydrogens (tertiary/aromatic N) is 2. The second kappa shape index (κ2) is 5.84. The van der Waals surface area contributed by atoms with Crippen molar-refractivity contribution in [2.45, 2.75) is 6.54 Å². The number of halogens is 1. The lowest BCUT2D eigenvalue weighted by Crippen LogP contribution is -2.20. The summed E-state index contributed by atoms with van der Waals surface area (Å²) in [6.45, 7) is 0.558. The van der Waals surface area contributed by atoms with Gasteiger partial charge in [0.25, 0.3) is 0 Å². The molecule has 0 aliphatic heterocycles. The van der Waals surface area contributed by atoms with Crippen molar-refractivity contribution in [3.8, 4) is 0 Å². The molecule has 1 heterocycles. The fourth-order valence-electron chi connectivity index (χ4n) is 1.83. The summed E-state index contributed by atoms with van der Waals surface area (Å²) < 4.78 is 0.750. The van der Waals surface area contributed by atoms with E-state index in [0.29, 0.717) is 12.2 Å². The Morgan fingerprint density at radius 3 is 2.79 bits per heavy atom. The van der Waals surface area contributed by atoms with Crippen LogP contribution < -0.4 is 4.90 Å². The molecule has 0 saturated heterocycles. The fraction of sp³-hybridized carbons (Fsp3) is 0.143. The van der Waals surface area contributed by atoms with E-state index >= 15 is 0 Å². The molecule has 98 valence electrons. The molecule has 0 unspecified atom stereocenters. The van der Waals surface area contributed by atoms with Crippen molar-refractivity contribution in [3.05, 3.63) is 58.3 Å². The number of carboxylic acid groups (broad SMARTS) is 1. The number of carbonyl (C=O) groups is 1. The second-order valence-corrected chi connectivity index (χ2v) is 5.06. The maximum atomic E-state index is 11.3. The minimum Gasteiger partial charge on any atom is -0.478 e. The van der Waals surface area contributed by atoms with Crippen LogP contribution in [0.25, 0.3) is 0 Å². The molecule has 5 heteroatoms. The molecule has 0 spiro atoms. The van der Waals surface area contributed by atoms with E-state index in [2.05, 4.69) is 20.9 Å². The molecule has 0 amide bonds. The van der Waals surface area contributed by atoms with Gasteiger partial charge in [0.2, 0.25) is 0 Å². The zero-order chi connectivity index (χ0) is 13.8. The van der Waals surface area contributed by atoms with Crippen molar-refractivity contribution in [3.63, 3.8) is 0 Å². The third-order valence-corrected chi connectivity index (χ3v) is 3.22. The Balaban J connectivity index is 2.28. The Kier molecular flexibility index (Phi) is 4.16. The molecule has 0 fully saturated rings. The summed E-state index contributed by atoms with van der Waals surface area (Å²) in [6.07, 6.45) is 1.73. The summed E-state index contributed by atoms with van der Waals surface area (Å²) in [6, 6.07) is 10.9. The van der Waals surface area contributed by atoms with Crippen molar-refractivity contribution >= 4 is 27.6 Å². The van der Waals surface area contributed by atoms with Crippen LogP contribution in [0.2, 0.25) is 0 Å². The highest BCUT2D eigenvalue weighted by Gasteiger charge is 2.14. The average Bonchev–Trinajstić information content (AvgIpc) is 2.39. The Morgan fingerprint density at radius 2 is 2.16 bits per heavy atom. The topological polar surface area (TPSA) is 53.4 Å². The lowest BCUT2D eigenvalue weighted by atomic mass is 10.1. The number of benzene rings is 1. The molecule has 1 aromatic carbocycles. The molecule has 0 aliphatic carbocycles. The average molecular weight is 321 g/mol. The van der Waals surface area contributed by atoms with Gasteiger partial charge in [0.15, 0.2) is 0 Å². The number of rotatable bonds is 4. The van der Waals surface area contributed by atoms with Crippen molar-refractivity contribution in [1.29, 1.82) is 0 Å². The first kappa shape index (κ1) is 13.5. The van der Waals surface area contributed by atoms with Gasteiger partial charge in [0, 0.05) is 17.7 Å².